The van der Waals surface area contributed by atoms with Crippen molar-refractivity contribution in [3.8, 4) is 0 Å². The molecule has 33 heavy (non-hydrogen) atoms. The van der Waals surface area contributed by atoms with Crippen molar-refractivity contribution in [1.29, 1.82) is 0 Å². The van der Waals surface area contributed by atoms with Crippen LogP contribution in [-0.2, 0) is 11.3 Å². The molecule has 0 saturated heterocycles. The summed E-state index contributed by atoms with van der Waals surface area (Å²) in [6.07, 6.45) is 3.24. The quantitative estimate of drug-likeness (QED) is 0.156. The first kappa shape index (κ1) is 22.4. The molecule has 4 nitrogen and oxygen atoms in total. The number of amides is 1. The molecule has 170 valence electrons. The highest BCUT2D eigenvalue weighted by Crippen LogP contribution is 2.35. The molecule has 9 heteroatoms. The standard InChI is InChI=1S/C24H18F5N3O/c1-5-8-31-13(4)15(16-9-11(2)6-7-17(16)31)10-14-12(3)30-32(24(14)33)23-21(28)19(26)18(25)20(27)22(23)29/h5-7,9-10H,1,8H2,2-4H3/b14-10+. The lowest BCUT2D eigenvalue weighted by atomic mass is 10.0. The van der Waals surface area contributed by atoms with Gasteiger partial charge < -0.3 is 4.57 Å². The van der Waals surface area contributed by atoms with Gasteiger partial charge in [0.15, 0.2) is 23.3 Å². The first-order valence-corrected chi connectivity index (χ1v) is 9.92. The summed E-state index contributed by atoms with van der Waals surface area (Å²) in [5.74, 6) is -11.9. The van der Waals surface area contributed by atoms with Gasteiger partial charge in [-0.1, -0.05) is 17.7 Å². The topological polar surface area (TPSA) is 37.6 Å². The second-order valence-electron chi connectivity index (χ2n) is 7.70. The minimum Gasteiger partial charge on any atom is -0.340 e. The van der Waals surface area contributed by atoms with E-state index in [1.54, 1.807) is 6.08 Å². The predicted molar refractivity (Wildman–Crippen MR) is 116 cm³/mol. The van der Waals surface area contributed by atoms with Gasteiger partial charge in [0.05, 0.1) is 11.3 Å². The molecule has 4 rings (SSSR count). The van der Waals surface area contributed by atoms with Crippen LogP contribution >= 0.6 is 0 Å². The van der Waals surface area contributed by atoms with Gasteiger partial charge in [-0.25, -0.2) is 22.0 Å². The Morgan fingerprint density at radius 3 is 2.18 bits per heavy atom. The van der Waals surface area contributed by atoms with Gasteiger partial charge >= 0.3 is 0 Å². The summed E-state index contributed by atoms with van der Waals surface area (Å²) in [6.45, 7) is 9.44. The van der Waals surface area contributed by atoms with Gasteiger partial charge in [-0.15, -0.1) is 6.58 Å². The summed E-state index contributed by atoms with van der Waals surface area (Å²) in [7, 11) is 0. The van der Waals surface area contributed by atoms with E-state index in [4.69, 9.17) is 0 Å². The molecule has 2 aromatic carbocycles. The van der Waals surface area contributed by atoms with E-state index in [9.17, 15) is 26.7 Å². The smallest absolute Gasteiger partial charge is 0.280 e. The van der Waals surface area contributed by atoms with E-state index in [1.165, 1.54) is 13.0 Å². The maximum Gasteiger partial charge on any atom is 0.280 e. The van der Waals surface area contributed by atoms with Crippen LogP contribution in [0.1, 0.15) is 23.7 Å². The van der Waals surface area contributed by atoms with Crippen molar-refractivity contribution >= 4 is 34.3 Å². The molecule has 2 heterocycles. The molecule has 1 amide bonds. The van der Waals surface area contributed by atoms with Crippen molar-refractivity contribution in [2.75, 3.05) is 5.01 Å². The Balaban J connectivity index is 1.89. The molecule has 0 spiro atoms. The Kier molecular flexibility index (Phi) is 5.43. The number of aryl methyl sites for hydroxylation is 1. The van der Waals surface area contributed by atoms with Crippen LogP contribution in [0.25, 0.3) is 17.0 Å². The third kappa shape index (κ3) is 3.35. The van der Waals surface area contributed by atoms with E-state index in [0.29, 0.717) is 12.1 Å². The maximum atomic E-state index is 14.3. The zero-order chi connectivity index (χ0) is 24.2. The van der Waals surface area contributed by atoms with Gasteiger partial charge in [-0.05, 0) is 39.0 Å². The number of carbonyl (C=O) groups is 1. The van der Waals surface area contributed by atoms with Crippen molar-refractivity contribution in [3.63, 3.8) is 0 Å². The molecule has 1 aromatic heterocycles. The molecule has 0 radical (unpaired) electrons. The number of benzene rings is 2. The fraction of sp³-hybridized carbons (Fsp3) is 0.167. The largest absolute Gasteiger partial charge is 0.340 e. The normalized spacial score (nSPS) is 15.2. The molecule has 0 atom stereocenters. The van der Waals surface area contributed by atoms with E-state index in [2.05, 4.69) is 11.7 Å². The number of halogens is 5. The zero-order valence-electron chi connectivity index (χ0n) is 17.9. The predicted octanol–water partition coefficient (Wildman–Crippen LogP) is 5.95. The Hall–Kier alpha value is -3.75. The fourth-order valence-corrected chi connectivity index (χ4v) is 3.93. The third-order valence-corrected chi connectivity index (χ3v) is 5.59. The lowest BCUT2D eigenvalue weighted by Crippen LogP contribution is -2.25. The summed E-state index contributed by atoms with van der Waals surface area (Å²) in [6, 6.07) is 5.81. The number of hydrogen-bond donors (Lipinski definition) is 0. The third-order valence-electron chi connectivity index (χ3n) is 5.59. The molecular formula is C24H18F5N3O. The molecule has 0 N–H and O–H groups in total. The van der Waals surface area contributed by atoms with E-state index >= 15 is 0 Å². The SMILES string of the molecule is C=CCn1c(C)c(/C=C2/C(=O)N(c3c(F)c(F)c(F)c(F)c3F)N=C2C)c2cc(C)ccc21. The summed E-state index contributed by atoms with van der Waals surface area (Å²) >= 11 is 0. The fourth-order valence-electron chi connectivity index (χ4n) is 3.93. The number of aromatic nitrogens is 1. The second kappa shape index (κ2) is 7.99. The van der Waals surface area contributed by atoms with Gasteiger partial charge in [0.2, 0.25) is 5.82 Å². The first-order chi connectivity index (χ1) is 15.6. The van der Waals surface area contributed by atoms with Gasteiger partial charge in [-0.3, -0.25) is 4.79 Å². The van der Waals surface area contributed by atoms with E-state index in [-0.39, 0.29) is 16.3 Å². The number of fused-ring (bicyclic) bond motifs is 1. The van der Waals surface area contributed by atoms with Crippen LogP contribution in [0.2, 0.25) is 0 Å². The number of rotatable bonds is 4. The second-order valence-corrected chi connectivity index (χ2v) is 7.70. The van der Waals surface area contributed by atoms with Crippen molar-refractivity contribution < 1.29 is 26.7 Å². The average molecular weight is 459 g/mol. The number of allylic oxidation sites excluding steroid dienone is 1. The van der Waals surface area contributed by atoms with Crippen LogP contribution in [-0.4, -0.2) is 16.2 Å². The van der Waals surface area contributed by atoms with Gasteiger partial charge in [0.1, 0.15) is 5.69 Å². The lowest BCUT2D eigenvalue weighted by Gasteiger charge is -2.15. The average Bonchev–Trinajstić information content (AvgIpc) is 3.19. The number of anilines is 1. The minimum atomic E-state index is -2.31. The van der Waals surface area contributed by atoms with Gasteiger partial charge in [-0.2, -0.15) is 10.1 Å². The molecule has 0 fully saturated rings. The molecule has 0 bridgehead atoms. The van der Waals surface area contributed by atoms with Crippen LogP contribution in [0.15, 0.2) is 41.5 Å². The number of hydrazone groups is 1. The van der Waals surface area contributed by atoms with Crippen molar-refractivity contribution in [3.05, 3.63) is 82.3 Å². The van der Waals surface area contributed by atoms with Crippen molar-refractivity contribution in [2.45, 2.75) is 27.3 Å². The zero-order valence-corrected chi connectivity index (χ0v) is 17.9. The summed E-state index contributed by atoms with van der Waals surface area (Å²) in [5.41, 5.74) is 1.97. The summed E-state index contributed by atoms with van der Waals surface area (Å²) in [4.78, 5) is 13.0. The summed E-state index contributed by atoms with van der Waals surface area (Å²) < 4.78 is 71.4. The lowest BCUT2D eigenvalue weighted by molar-refractivity contribution is -0.114. The Morgan fingerprint density at radius 1 is 0.970 bits per heavy atom. The highest BCUT2D eigenvalue weighted by molar-refractivity contribution is 6.32. The van der Waals surface area contributed by atoms with Crippen molar-refractivity contribution in [2.24, 2.45) is 5.10 Å². The first-order valence-electron chi connectivity index (χ1n) is 9.92. The number of carbonyl (C=O) groups excluding carboxylic acids is 1. The Morgan fingerprint density at radius 2 is 1.58 bits per heavy atom. The van der Waals surface area contributed by atoms with Crippen LogP contribution in [0.5, 0.6) is 0 Å². The van der Waals surface area contributed by atoms with E-state index in [1.807, 2.05) is 36.6 Å². The number of hydrogen-bond acceptors (Lipinski definition) is 2. The molecule has 0 saturated carbocycles. The highest BCUT2D eigenvalue weighted by Gasteiger charge is 2.37. The molecular weight excluding hydrogens is 441 g/mol. The highest BCUT2D eigenvalue weighted by atomic mass is 19.2. The van der Waals surface area contributed by atoms with E-state index < -0.39 is 40.7 Å². The maximum absolute atomic E-state index is 14.3. The van der Waals surface area contributed by atoms with Crippen LogP contribution in [0.3, 0.4) is 0 Å². The molecule has 0 aliphatic carbocycles. The molecule has 1 aliphatic rings. The van der Waals surface area contributed by atoms with Gasteiger partial charge in [0.25, 0.3) is 5.91 Å². The van der Waals surface area contributed by atoms with Crippen molar-refractivity contribution in [1.82, 2.24) is 4.57 Å². The Labute approximate surface area is 185 Å². The number of nitrogens with zero attached hydrogens (tertiary/aromatic N) is 3. The monoisotopic (exact) mass is 459 g/mol. The van der Waals surface area contributed by atoms with E-state index in [0.717, 1.165) is 22.2 Å². The summed E-state index contributed by atoms with van der Waals surface area (Å²) in [5, 5.41) is 4.83. The Bertz CT molecular complexity index is 1390. The van der Waals surface area contributed by atoms with Crippen LogP contribution < -0.4 is 5.01 Å². The van der Waals surface area contributed by atoms with Crippen LogP contribution in [0, 0.1) is 42.9 Å². The molecule has 3 aromatic rings. The molecule has 1 aliphatic heterocycles. The van der Waals surface area contributed by atoms with Gasteiger partial charge in [0, 0.05) is 28.7 Å². The molecule has 0 unspecified atom stereocenters. The van der Waals surface area contributed by atoms with Crippen LogP contribution in [0.4, 0.5) is 27.6 Å². The minimum absolute atomic E-state index is 0.0267.